The number of rotatable bonds is 5. The van der Waals surface area contributed by atoms with Gasteiger partial charge in [0.2, 0.25) is 0 Å². The summed E-state index contributed by atoms with van der Waals surface area (Å²) in [5, 5.41) is 9.37. The molecule has 2 aromatic rings. The smallest absolute Gasteiger partial charge is 0.328 e. The number of nitrogens with one attached hydrogen (secondary N) is 1. The summed E-state index contributed by atoms with van der Waals surface area (Å²) in [6, 6.07) is 8.70. The van der Waals surface area contributed by atoms with E-state index in [0.717, 1.165) is 0 Å². The van der Waals surface area contributed by atoms with Gasteiger partial charge < -0.3 is 5.11 Å². The van der Waals surface area contributed by atoms with E-state index in [2.05, 4.69) is 4.98 Å². The molecular weight excluding hydrogens is 272 g/mol. The fraction of sp³-hybridized carbons (Fsp3) is 0.267. The maximum absolute atomic E-state index is 11.8. The minimum atomic E-state index is -1.02. The molecule has 6 heteroatoms. The maximum atomic E-state index is 11.8. The Morgan fingerprint density at radius 2 is 1.95 bits per heavy atom. The van der Waals surface area contributed by atoms with Crippen LogP contribution >= 0.6 is 0 Å². The third kappa shape index (κ3) is 3.28. The Morgan fingerprint density at radius 1 is 1.29 bits per heavy atom. The molecule has 0 amide bonds. The molecule has 0 aliphatic carbocycles. The molecule has 21 heavy (non-hydrogen) atoms. The normalized spacial score (nSPS) is 12.0. The lowest BCUT2D eigenvalue weighted by atomic mass is 9.99. The number of benzene rings is 1. The second kappa shape index (κ2) is 6.21. The van der Waals surface area contributed by atoms with Crippen molar-refractivity contribution in [2.75, 3.05) is 0 Å². The van der Waals surface area contributed by atoms with Crippen LogP contribution in [0.1, 0.15) is 24.0 Å². The highest BCUT2D eigenvalue weighted by molar-refractivity contribution is 5.75. The van der Waals surface area contributed by atoms with Crippen molar-refractivity contribution in [1.29, 1.82) is 0 Å². The lowest BCUT2D eigenvalue weighted by Gasteiger charge is -2.14. The number of aromatic amines is 1. The predicted octanol–water partition coefficient (Wildman–Crippen LogP) is 0.967. The zero-order valence-electron chi connectivity index (χ0n) is 11.6. The highest BCUT2D eigenvalue weighted by Gasteiger charge is 2.21. The Morgan fingerprint density at radius 3 is 2.52 bits per heavy atom. The molecule has 1 atom stereocenters. The highest BCUT2D eigenvalue weighted by Crippen LogP contribution is 2.17. The molecule has 0 bridgehead atoms. The van der Waals surface area contributed by atoms with Gasteiger partial charge in [-0.25, -0.2) is 4.79 Å². The topological polar surface area (TPSA) is 92.2 Å². The second-order valence-electron chi connectivity index (χ2n) is 4.72. The minimum Gasteiger partial charge on any atom is -0.481 e. The summed E-state index contributed by atoms with van der Waals surface area (Å²) in [5.74, 6) is -1.86. The predicted molar refractivity (Wildman–Crippen MR) is 77.5 cm³/mol. The monoisotopic (exact) mass is 288 g/mol. The Hall–Kier alpha value is -2.63. The van der Waals surface area contributed by atoms with Gasteiger partial charge in [0.1, 0.15) is 0 Å². The first-order chi connectivity index (χ1) is 10.0. The van der Waals surface area contributed by atoms with Crippen LogP contribution in [-0.2, 0) is 17.8 Å². The summed E-state index contributed by atoms with van der Waals surface area (Å²) < 4.78 is 1.24. The van der Waals surface area contributed by atoms with Crippen LogP contribution in [0.5, 0.6) is 0 Å². The lowest BCUT2D eigenvalue weighted by molar-refractivity contribution is -0.139. The third-order valence-corrected chi connectivity index (χ3v) is 3.34. The first kappa shape index (κ1) is 14.8. The van der Waals surface area contributed by atoms with E-state index in [1.165, 1.54) is 10.8 Å². The van der Waals surface area contributed by atoms with Gasteiger partial charge in [0.15, 0.2) is 0 Å². The Balaban J connectivity index is 2.41. The van der Waals surface area contributed by atoms with Gasteiger partial charge in [0.25, 0.3) is 5.56 Å². The van der Waals surface area contributed by atoms with Gasteiger partial charge in [-0.05, 0) is 12.0 Å². The van der Waals surface area contributed by atoms with E-state index in [4.69, 9.17) is 0 Å². The summed E-state index contributed by atoms with van der Waals surface area (Å²) >= 11 is 0. The molecule has 0 spiro atoms. The van der Waals surface area contributed by atoms with E-state index in [-0.39, 0.29) is 6.54 Å². The van der Waals surface area contributed by atoms with Crippen LogP contribution in [-0.4, -0.2) is 20.6 Å². The van der Waals surface area contributed by atoms with Crippen molar-refractivity contribution in [3.63, 3.8) is 0 Å². The largest absolute Gasteiger partial charge is 0.481 e. The average Bonchev–Trinajstić information content (AvgIpc) is 2.47. The van der Waals surface area contributed by atoms with Gasteiger partial charge in [-0.15, -0.1) is 0 Å². The number of aromatic nitrogens is 2. The molecule has 1 aromatic heterocycles. The molecule has 0 fully saturated rings. The van der Waals surface area contributed by atoms with Crippen LogP contribution in [0.15, 0.2) is 46.1 Å². The average molecular weight is 288 g/mol. The van der Waals surface area contributed by atoms with Crippen molar-refractivity contribution in [1.82, 2.24) is 9.55 Å². The van der Waals surface area contributed by atoms with Gasteiger partial charge in [-0.2, -0.15) is 0 Å². The van der Waals surface area contributed by atoms with E-state index >= 15 is 0 Å². The van der Waals surface area contributed by atoms with Crippen molar-refractivity contribution in [2.45, 2.75) is 25.8 Å². The minimum absolute atomic E-state index is 0.0258. The fourth-order valence-electron chi connectivity index (χ4n) is 2.15. The number of aliphatic carboxylic acids is 1. The molecule has 1 heterocycles. The third-order valence-electron chi connectivity index (χ3n) is 3.34. The number of hydrogen-bond acceptors (Lipinski definition) is 3. The highest BCUT2D eigenvalue weighted by atomic mass is 16.4. The number of carboxylic acid groups (broad SMARTS) is 1. The number of aryl methyl sites for hydroxylation is 1. The number of nitrogens with zero attached hydrogens (tertiary/aromatic N) is 1. The van der Waals surface area contributed by atoms with E-state index in [0.29, 0.717) is 17.5 Å². The molecule has 0 saturated heterocycles. The summed E-state index contributed by atoms with van der Waals surface area (Å²) in [5.41, 5.74) is 0.0395. The first-order valence-corrected chi connectivity index (χ1v) is 6.63. The number of H-pyrrole nitrogens is 1. The van der Waals surface area contributed by atoms with Crippen LogP contribution in [0.4, 0.5) is 0 Å². The van der Waals surface area contributed by atoms with Gasteiger partial charge in [-0.3, -0.25) is 19.1 Å². The van der Waals surface area contributed by atoms with E-state index in [9.17, 15) is 19.5 Å². The number of hydrogen-bond donors (Lipinski definition) is 2. The van der Waals surface area contributed by atoms with Gasteiger partial charge in [0.05, 0.1) is 5.92 Å². The van der Waals surface area contributed by atoms with Crippen LogP contribution in [0, 0.1) is 0 Å². The molecular formula is C15H16N2O4. The zero-order valence-corrected chi connectivity index (χ0v) is 11.6. The molecule has 0 saturated carbocycles. The van der Waals surface area contributed by atoms with Gasteiger partial charge >= 0.3 is 11.7 Å². The van der Waals surface area contributed by atoms with Crippen molar-refractivity contribution in [3.8, 4) is 0 Å². The number of carbonyl (C=O) groups is 1. The SMILES string of the molecule is CCc1cn(CC(C(=O)O)c2ccccc2)c(=O)[nH]c1=O. The molecule has 110 valence electrons. The van der Waals surface area contributed by atoms with E-state index < -0.39 is 23.1 Å². The Kier molecular flexibility index (Phi) is 4.37. The summed E-state index contributed by atoms with van der Waals surface area (Å²) in [6.45, 7) is 1.77. The summed E-state index contributed by atoms with van der Waals surface area (Å²) in [4.78, 5) is 37.0. The van der Waals surface area contributed by atoms with Gasteiger partial charge in [-0.1, -0.05) is 37.3 Å². The molecule has 0 radical (unpaired) electrons. The molecule has 2 N–H and O–H groups in total. The van der Waals surface area contributed by atoms with Crippen LogP contribution in [0.25, 0.3) is 0 Å². The molecule has 6 nitrogen and oxygen atoms in total. The second-order valence-corrected chi connectivity index (χ2v) is 4.72. The lowest BCUT2D eigenvalue weighted by Crippen LogP contribution is -2.34. The summed E-state index contributed by atoms with van der Waals surface area (Å²) in [7, 11) is 0. The van der Waals surface area contributed by atoms with Crippen molar-refractivity contribution in [3.05, 3.63) is 68.5 Å². The van der Waals surface area contributed by atoms with Crippen LogP contribution in [0.2, 0.25) is 0 Å². The molecule has 0 aliphatic rings. The molecule has 0 aliphatic heterocycles. The molecule has 1 unspecified atom stereocenters. The summed E-state index contributed by atoms with van der Waals surface area (Å²) in [6.07, 6.45) is 1.90. The van der Waals surface area contributed by atoms with E-state index in [1.807, 2.05) is 0 Å². The van der Waals surface area contributed by atoms with Gasteiger partial charge in [0, 0.05) is 18.3 Å². The Labute approximate surface area is 120 Å². The Bertz CT molecular complexity index is 746. The number of carboxylic acids is 1. The van der Waals surface area contributed by atoms with E-state index in [1.54, 1.807) is 37.3 Å². The zero-order chi connectivity index (χ0) is 15.4. The van der Waals surface area contributed by atoms with Crippen LogP contribution in [0.3, 0.4) is 0 Å². The molecule has 1 aromatic carbocycles. The quantitative estimate of drug-likeness (QED) is 0.857. The first-order valence-electron chi connectivity index (χ1n) is 6.63. The maximum Gasteiger partial charge on any atom is 0.328 e. The fourth-order valence-corrected chi connectivity index (χ4v) is 2.15. The van der Waals surface area contributed by atoms with Crippen molar-refractivity contribution < 1.29 is 9.90 Å². The van der Waals surface area contributed by atoms with Crippen molar-refractivity contribution in [2.24, 2.45) is 0 Å². The van der Waals surface area contributed by atoms with Crippen molar-refractivity contribution >= 4 is 5.97 Å². The molecule has 2 rings (SSSR count). The standard InChI is InChI=1S/C15H16N2O4/c1-2-10-8-17(15(21)16-13(10)18)9-12(14(19)20)11-6-4-3-5-7-11/h3-8,12H,2,9H2,1H3,(H,19,20)(H,16,18,21). The van der Waals surface area contributed by atoms with Crippen LogP contribution < -0.4 is 11.2 Å².